The molecule has 0 aromatic heterocycles. The maximum atomic E-state index is 13.1. The number of phenols is 1. The zero-order chi connectivity index (χ0) is 18.7. The average Bonchev–Trinajstić information content (AvgIpc) is 3.06. The maximum Gasteiger partial charge on any atom is 0.328 e. The topological polar surface area (TPSA) is 90.2 Å². The van der Waals surface area contributed by atoms with Crippen LogP contribution in [0.15, 0.2) is 65.8 Å². The van der Waals surface area contributed by atoms with Crippen molar-refractivity contribution in [2.45, 2.75) is 12.5 Å². The number of phenolic OH excluding ortho intramolecular Hbond substituents is 1. The summed E-state index contributed by atoms with van der Waals surface area (Å²) in [6, 6.07) is 11.7. The van der Waals surface area contributed by atoms with Crippen LogP contribution in [0.25, 0.3) is 0 Å². The van der Waals surface area contributed by atoms with Gasteiger partial charge in [0, 0.05) is 24.1 Å². The Morgan fingerprint density at radius 2 is 1.81 bits per heavy atom. The molecule has 0 spiro atoms. The Morgan fingerprint density at radius 3 is 2.46 bits per heavy atom. The first-order valence-electron chi connectivity index (χ1n) is 7.81. The van der Waals surface area contributed by atoms with E-state index in [4.69, 9.17) is 5.11 Å². The molecule has 1 atom stereocenters. The standard InChI is InChI=1S/C19H15FN2O4/c20-13-7-5-12(6-8-13)15-11-16(14-3-1-2-4-17(14)23)22(21-15)18(24)9-10-19(25)26/h1-10,16,23H,11H2,(H,25,26)/b10-9-/t16-/m1/s1. The lowest BCUT2D eigenvalue weighted by atomic mass is 9.97. The van der Waals surface area contributed by atoms with Gasteiger partial charge in [-0.05, 0) is 23.8 Å². The van der Waals surface area contributed by atoms with E-state index in [9.17, 15) is 19.1 Å². The van der Waals surface area contributed by atoms with E-state index < -0.39 is 17.9 Å². The summed E-state index contributed by atoms with van der Waals surface area (Å²) in [5, 5.41) is 24.3. The lowest BCUT2D eigenvalue weighted by Crippen LogP contribution is -2.25. The molecular weight excluding hydrogens is 339 g/mol. The average molecular weight is 354 g/mol. The SMILES string of the molecule is O=C(O)/C=C\C(=O)N1N=C(c2ccc(F)cc2)C[C@@H]1c1ccccc1O. The van der Waals surface area contributed by atoms with Gasteiger partial charge in [-0.15, -0.1) is 0 Å². The van der Waals surface area contributed by atoms with Gasteiger partial charge in [-0.3, -0.25) is 4.79 Å². The van der Waals surface area contributed by atoms with Crippen LogP contribution in [0, 0.1) is 5.82 Å². The summed E-state index contributed by atoms with van der Waals surface area (Å²) in [7, 11) is 0. The van der Waals surface area contributed by atoms with Gasteiger partial charge in [-0.25, -0.2) is 14.2 Å². The van der Waals surface area contributed by atoms with Crippen LogP contribution in [0.3, 0.4) is 0 Å². The predicted molar refractivity (Wildman–Crippen MR) is 92.0 cm³/mol. The second kappa shape index (κ2) is 7.18. The van der Waals surface area contributed by atoms with E-state index in [1.165, 1.54) is 18.2 Å². The van der Waals surface area contributed by atoms with Gasteiger partial charge < -0.3 is 10.2 Å². The van der Waals surface area contributed by atoms with Gasteiger partial charge in [0.15, 0.2) is 0 Å². The highest BCUT2D eigenvalue weighted by molar-refractivity contribution is 6.04. The predicted octanol–water partition coefficient (Wildman–Crippen LogP) is 2.85. The molecule has 2 aromatic rings. The minimum absolute atomic E-state index is 0.00747. The number of halogens is 1. The van der Waals surface area contributed by atoms with Crippen molar-refractivity contribution in [1.82, 2.24) is 5.01 Å². The van der Waals surface area contributed by atoms with E-state index in [0.29, 0.717) is 23.3 Å². The van der Waals surface area contributed by atoms with Crippen molar-refractivity contribution in [3.05, 3.63) is 77.6 Å². The van der Waals surface area contributed by atoms with E-state index in [0.717, 1.165) is 17.2 Å². The Balaban J connectivity index is 1.98. The Labute approximate surface area is 148 Å². The minimum atomic E-state index is -1.25. The van der Waals surface area contributed by atoms with Crippen LogP contribution in [-0.2, 0) is 9.59 Å². The van der Waals surface area contributed by atoms with Crippen molar-refractivity contribution >= 4 is 17.6 Å². The van der Waals surface area contributed by atoms with E-state index in [1.54, 1.807) is 30.3 Å². The Hall–Kier alpha value is -3.48. The van der Waals surface area contributed by atoms with Gasteiger partial charge in [0.25, 0.3) is 5.91 Å². The summed E-state index contributed by atoms with van der Waals surface area (Å²) in [4.78, 5) is 23.1. The lowest BCUT2D eigenvalue weighted by molar-refractivity contribution is -0.132. The van der Waals surface area contributed by atoms with Gasteiger partial charge in [-0.1, -0.05) is 30.3 Å². The molecule has 6 nitrogen and oxygen atoms in total. The largest absolute Gasteiger partial charge is 0.508 e. The van der Waals surface area contributed by atoms with E-state index in [-0.39, 0.29) is 11.6 Å². The summed E-state index contributed by atoms with van der Waals surface area (Å²) >= 11 is 0. The number of hydrogen-bond donors (Lipinski definition) is 2. The fourth-order valence-electron chi connectivity index (χ4n) is 2.76. The molecule has 0 radical (unpaired) electrons. The van der Waals surface area contributed by atoms with Crippen LogP contribution in [0.4, 0.5) is 4.39 Å². The van der Waals surface area contributed by atoms with Crippen LogP contribution >= 0.6 is 0 Å². The quantitative estimate of drug-likeness (QED) is 0.826. The fourth-order valence-corrected chi connectivity index (χ4v) is 2.76. The zero-order valence-electron chi connectivity index (χ0n) is 13.5. The molecule has 1 aliphatic rings. The number of amides is 1. The van der Waals surface area contributed by atoms with E-state index >= 15 is 0 Å². The number of carboxylic acids is 1. The minimum Gasteiger partial charge on any atom is -0.508 e. The zero-order valence-corrected chi connectivity index (χ0v) is 13.5. The molecule has 2 N–H and O–H groups in total. The number of nitrogens with zero attached hydrogens (tertiary/aromatic N) is 2. The highest BCUT2D eigenvalue weighted by atomic mass is 19.1. The summed E-state index contributed by atoms with van der Waals surface area (Å²) < 4.78 is 13.1. The number of carbonyl (C=O) groups is 2. The molecule has 2 aromatic carbocycles. The second-order valence-electron chi connectivity index (χ2n) is 5.69. The van der Waals surface area contributed by atoms with Crippen LogP contribution in [0.2, 0.25) is 0 Å². The van der Waals surface area contributed by atoms with E-state index in [2.05, 4.69) is 5.10 Å². The van der Waals surface area contributed by atoms with Crippen LogP contribution in [0.5, 0.6) is 5.75 Å². The summed E-state index contributed by atoms with van der Waals surface area (Å²) in [5.41, 5.74) is 1.67. The molecule has 7 heteroatoms. The molecule has 1 heterocycles. The highest BCUT2D eigenvalue weighted by Gasteiger charge is 2.33. The number of para-hydroxylation sites is 1. The molecule has 0 bridgehead atoms. The molecule has 0 fully saturated rings. The van der Waals surface area contributed by atoms with Crippen molar-refractivity contribution < 1.29 is 24.2 Å². The van der Waals surface area contributed by atoms with Gasteiger partial charge in [0.1, 0.15) is 11.6 Å². The van der Waals surface area contributed by atoms with E-state index in [1.807, 2.05) is 0 Å². The molecular formula is C19H15FN2O4. The molecule has 26 heavy (non-hydrogen) atoms. The van der Waals surface area contributed by atoms with Gasteiger partial charge in [0.05, 0.1) is 11.8 Å². The Bertz CT molecular complexity index is 906. The van der Waals surface area contributed by atoms with Crippen molar-refractivity contribution in [2.24, 2.45) is 5.10 Å². The number of hydrogen-bond acceptors (Lipinski definition) is 4. The normalized spacial score (nSPS) is 16.7. The lowest BCUT2D eigenvalue weighted by Gasteiger charge is -2.21. The smallest absolute Gasteiger partial charge is 0.328 e. The number of aromatic hydroxyl groups is 1. The van der Waals surface area contributed by atoms with Crippen molar-refractivity contribution in [1.29, 1.82) is 0 Å². The third-order valence-corrected chi connectivity index (χ3v) is 3.98. The molecule has 0 saturated heterocycles. The molecule has 1 aliphatic heterocycles. The number of hydrazone groups is 1. The first-order chi connectivity index (χ1) is 12.5. The summed E-state index contributed by atoms with van der Waals surface area (Å²) in [6.45, 7) is 0. The number of aliphatic carboxylic acids is 1. The highest BCUT2D eigenvalue weighted by Crippen LogP contribution is 2.37. The number of benzene rings is 2. The monoisotopic (exact) mass is 354 g/mol. The first kappa shape index (κ1) is 17.3. The molecule has 1 amide bonds. The second-order valence-corrected chi connectivity index (χ2v) is 5.69. The molecule has 0 unspecified atom stereocenters. The van der Waals surface area contributed by atoms with Gasteiger partial charge in [-0.2, -0.15) is 5.10 Å². The summed E-state index contributed by atoms with van der Waals surface area (Å²) in [5.74, 6) is -2.26. The molecule has 0 aliphatic carbocycles. The third kappa shape index (κ3) is 3.61. The Morgan fingerprint density at radius 1 is 1.12 bits per heavy atom. The van der Waals surface area contributed by atoms with Gasteiger partial charge >= 0.3 is 5.97 Å². The molecule has 3 rings (SSSR count). The molecule has 132 valence electrons. The Kier molecular flexibility index (Phi) is 4.79. The third-order valence-electron chi connectivity index (χ3n) is 3.98. The fraction of sp³-hybridized carbons (Fsp3) is 0.105. The van der Waals surface area contributed by atoms with Crippen molar-refractivity contribution in [3.8, 4) is 5.75 Å². The van der Waals surface area contributed by atoms with Crippen molar-refractivity contribution in [3.63, 3.8) is 0 Å². The van der Waals surface area contributed by atoms with Crippen LogP contribution in [-0.4, -0.2) is 32.8 Å². The maximum absolute atomic E-state index is 13.1. The number of rotatable bonds is 4. The molecule has 0 saturated carbocycles. The number of carbonyl (C=O) groups excluding carboxylic acids is 1. The van der Waals surface area contributed by atoms with Gasteiger partial charge in [0.2, 0.25) is 0 Å². The van der Waals surface area contributed by atoms with Crippen molar-refractivity contribution in [2.75, 3.05) is 0 Å². The first-order valence-corrected chi connectivity index (χ1v) is 7.81. The van der Waals surface area contributed by atoms with Crippen LogP contribution < -0.4 is 0 Å². The summed E-state index contributed by atoms with van der Waals surface area (Å²) in [6.07, 6.45) is 1.94. The number of carboxylic acid groups (broad SMARTS) is 1. The van der Waals surface area contributed by atoms with Crippen LogP contribution in [0.1, 0.15) is 23.6 Å².